The molecule has 10 heavy (non-hydrogen) atoms. The Morgan fingerprint density at radius 3 is 2.50 bits per heavy atom. The molecule has 0 heterocycles. The average Bonchev–Trinajstić information content (AvgIpc) is 1.88. The molecule has 4 heteroatoms. The molecule has 0 aliphatic carbocycles. The molecule has 0 fully saturated rings. The highest BCUT2D eigenvalue weighted by atomic mass is 32.2. The van der Waals surface area contributed by atoms with Gasteiger partial charge in [0.25, 0.3) is 0 Å². The third kappa shape index (κ3) is 4.38. The molecule has 0 aromatic heterocycles. The zero-order valence-corrected chi connectivity index (χ0v) is 6.96. The van der Waals surface area contributed by atoms with Crippen molar-refractivity contribution < 1.29 is 9.59 Å². The van der Waals surface area contributed by atoms with Crippen molar-refractivity contribution in [2.24, 2.45) is 0 Å². The first-order valence-corrected chi connectivity index (χ1v) is 4.26. The van der Waals surface area contributed by atoms with Crippen LogP contribution in [-0.2, 0) is 9.59 Å². The molecular weight excluding hydrogens is 150 g/mol. The average molecular weight is 161 g/mol. The maximum atomic E-state index is 10.7. The van der Waals surface area contributed by atoms with E-state index in [1.54, 1.807) is 6.26 Å². The summed E-state index contributed by atoms with van der Waals surface area (Å²) in [5.74, 6) is -0.193. The lowest BCUT2D eigenvalue weighted by atomic mass is 10.4. The topological polar surface area (TPSA) is 46.2 Å². The highest BCUT2D eigenvalue weighted by molar-refractivity contribution is 8.13. The van der Waals surface area contributed by atoms with Gasteiger partial charge in [-0.3, -0.25) is 9.59 Å². The minimum atomic E-state index is -0.193. The Kier molecular flexibility index (Phi) is 5.02. The van der Waals surface area contributed by atoms with Crippen LogP contribution in [0.5, 0.6) is 0 Å². The summed E-state index contributed by atoms with van der Waals surface area (Å²) in [5, 5.41) is 2.45. The van der Waals surface area contributed by atoms with Crippen molar-refractivity contribution in [1.82, 2.24) is 5.32 Å². The van der Waals surface area contributed by atoms with Gasteiger partial charge in [0.05, 0.1) is 6.42 Å². The van der Waals surface area contributed by atoms with E-state index in [1.807, 2.05) is 6.92 Å². The monoisotopic (exact) mass is 161 g/mol. The number of amides is 1. The van der Waals surface area contributed by atoms with Gasteiger partial charge in [-0.2, -0.15) is 0 Å². The summed E-state index contributed by atoms with van der Waals surface area (Å²) in [5.41, 5.74) is 0. The number of thioether (sulfide) groups is 1. The maximum Gasteiger partial charge on any atom is 0.228 e. The number of hydrogen-bond acceptors (Lipinski definition) is 3. The molecule has 0 aromatic carbocycles. The second-order valence-corrected chi connectivity index (χ2v) is 2.57. The van der Waals surface area contributed by atoms with E-state index in [2.05, 4.69) is 5.32 Å². The van der Waals surface area contributed by atoms with Gasteiger partial charge in [-0.15, -0.1) is 0 Å². The van der Waals surface area contributed by atoms with Gasteiger partial charge >= 0.3 is 0 Å². The van der Waals surface area contributed by atoms with Gasteiger partial charge in [-0.1, -0.05) is 11.8 Å². The van der Waals surface area contributed by atoms with E-state index in [9.17, 15) is 9.59 Å². The summed E-state index contributed by atoms with van der Waals surface area (Å²) >= 11 is 1.08. The smallest absolute Gasteiger partial charge is 0.228 e. The van der Waals surface area contributed by atoms with E-state index >= 15 is 0 Å². The number of nitrogens with one attached hydrogen (secondary N) is 1. The molecule has 0 spiro atoms. The highest BCUT2D eigenvalue weighted by Gasteiger charge is 2.05. The number of carbonyl (C=O) groups is 2. The molecule has 0 aliphatic rings. The van der Waals surface area contributed by atoms with Crippen molar-refractivity contribution in [3.05, 3.63) is 0 Å². The Morgan fingerprint density at radius 2 is 2.10 bits per heavy atom. The molecule has 0 bridgehead atoms. The summed E-state index contributed by atoms with van der Waals surface area (Å²) < 4.78 is 0. The first kappa shape index (κ1) is 9.49. The molecule has 1 N–H and O–H groups in total. The largest absolute Gasteiger partial charge is 0.356 e. The second kappa shape index (κ2) is 5.29. The Labute approximate surface area is 64.6 Å². The molecular formula is C6H11NO2S. The standard InChI is InChI=1S/C6H11NO2S/c1-3-7-5(8)4-6(9)10-2/h3-4H2,1-2H3,(H,7,8). The SMILES string of the molecule is CCNC(=O)CC(=O)SC. The Bertz CT molecular complexity index is 136. The molecule has 58 valence electrons. The molecule has 0 aliphatic heterocycles. The number of hydrogen-bond donors (Lipinski definition) is 1. The summed E-state index contributed by atoms with van der Waals surface area (Å²) in [6, 6.07) is 0. The van der Waals surface area contributed by atoms with Crippen LogP contribution in [0.3, 0.4) is 0 Å². The van der Waals surface area contributed by atoms with Crippen molar-refractivity contribution in [3.8, 4) is 0 Å². The quantitative estimate of drug-likeness (QED) is 0.609. The lowest BCUT2D eigenvalue weighted by Crippen LogP contribution is -2.24. The number of rotatable bonds is 3. The van der Waals surface area contributed by atoms with Gasteiger partial charge in [0.2, 0.25) is 5.91 Å². The molecule has 3 nitrogen and oxygen atoms in total. The first-order chi connectivity index (χ1) is 4.70. The van der Waals surface area contributed by atoms with E-state index in [4.69, 9.17) is 0 Å². The summed E-state index contributed by atoms with van der Waals surface area (Å²) in [6.45, 7) is 2.40. The molecule has 1 amide bonds. The minimum absolute atomic E-state index is 0.00495. The van der Waals surface area contributed by atoms with Crippen molar-refractivity contribution in [2.75, 3.05) is 12.8 Å². The van der Waals surface area contributed by atoms with Gasteiger partial charge in [0, 0.05) is 6.54 Å². The lowest BCUT2D eigenvalue weighted by molar-refractivity contribution is -0.124. The van der Waals surface area contributed by atoms with Crippen LogP contribution in [0.25, 0.3) is 0 Å². The molecule has 0 saturated heterocycles. The Morgan fingerprint density at radius 1 is 1.50 bits per heavy atom. The van der Waals surface area contributed by atoms with Crippen molar-refractivity contribution in [3.63, 3.8) is 0 Å². The van der Waals surface area contributed by atoms with Crippen molar-refractivity contribution in [1.29, 1.82) is 0 Å². The van der Waals surface area contributed by atoms with Gasteiger partial charge < -0.3 is 5.32 Å². The summed E-state index contributed by atoms with van der Waals surface area (Å²) in [7, 11) is 0. The van der Waals surface area contributed by atoms with Crippen LogP contribution in [0.4, 0.5) is 0 Å². The van der Waals surface area contributed by atoms with Crippen LogP contribution < -0.4 is 5.32 Å². The van der Waals surface area contributed by atoms with E-state index in [0.29, 0.717) is 6.54 Å². The fraction of sp³-hybridized carbons (Fsp3) is 0.667. The molecule has 0 unspecified atom stereocenters. The molecule has 0 atom stereocenters. The van der Waals surface area contributed by atoms with Gasteiger partial charge in [-0.25, -0.2) is 0 Å². The molecule has 0 radical (unpaired) electrons. The third-order valence-electron chi connectivity index (χ3n) is 0.907. The molecule has 0 rings (SSSR count). The Balaban J connectivity index is 3.47. The fourth-order valence-corrected chi connectivity index (χ4v) is 0.738. The van der Waals surface area contributed by atoms with E-state index in [1.165, 1.54) is 0 Å². The minimum Gasteiger partial charge on any atom is -0.356 e. The van der Waals surface area contributed by atoms with E-state index in [-0.39, 0.29) is 17.4 Å². The molecule has 0 aromatic rings. The normalized spacial score (nSPS) is 9.00. The fourth-order valence-electron chi connectivity index (χ4n) is 0.463. The summed E-state index contributed by atoms with van der Waals surface area (Å²) in [6.07, 6.45) is 1.66. The van der Waals surface area contributed by atoms with Crippen LogP contribution in [0.2, 0.25) is 0 Å². The van der Waals surface area contributed by atoms with Crippen LogP contribution in [0, 0.1) is 0 Å². The molecule has 0 saturated carbocycles. The Hall–Kier alpha value is -0.510. The third-order valence-corrected chi connectivity index (χ3v) is 1.51. The lowest BCUT2D eigenvalue weighted by Gasteiger charge is -1.97. The van der Waals surface area contributed by atoms with E-state index in [0.717, 1.165) is 11.8 Å². The second-order valence-electron chi connectivity index (χ2n) is 1.71. The van der Waals surface area contributed by atoms with Crippen LogP contribution in [-0.4, -0.2) is 23.8 Å². The number of carbonyl (C=O) groups excluding carboxylic acids is 2. The van der Waals surface area contributed by atoms with Crippen molar-refractivity contribution in [2.45, 2.75) is 13.3 Å². The zero-order valence-electron chi connectivity index (χ0n) is 6.14. The van der Waals surface area contributed by atoms with Crippen LogP contribution in [0.15, 0.2) is 0 Å². The van der Waals surface area contributed by atoms with Gasteiger partial charge in [0.1, 0.15) is 0 Å². The van der Waals surface area contributed by atoms with Crippen LogP contribution >= 0.6 is 11.8 Å². The predicted octanol–water partition coefficient (Wildman–Crippen LogP) is 0.402. The van der Waals surface area contributed by atoms with Crippen LogP contribution in [0.1, 0.15) is 13.3 Å². The van der Waals surface area contributed by atoms with E-state index < -0.39 is 0 Å². The van der Waals surface area contributed by atoms with Gasteiger partial charge in [0.15, 0.2) is 5.12 Å². The highest BCUT2D eigenvalue weighted by Crippen LogP contribution is 1.97. The first-order valence-electron chi connectivity index (χ1n) is 3.04. The predicted molar refractivity (Wildman–Crippen MR) is 41.8 cm³/mol. The van der Waals surface area contributed by atoms with Crippen molar-refractivity contribution >= 4 is 22.8 Å². The maximum absolute atomic E-state index is 10.7. The van der Waals surface area contributed by atoms with Gasteiger partial charge in [-0.05, 0) is 13.2 Å². The summed E-state index contributed by atoms with van der Waals surface area (Å²) in [4.78, 5) is 21.3. The zero-order chi connectivity index (χ0) is 7.98.